The van der Waals surface area contributed by atoms with E-state index in [9.17, 15) is 14.4 Å². The molecule has 0 unspecified atom stereocenters. The van der Waals surface area contributed by atoms with E-state index in [0.29, 0.717) is 17.2 Å². The molecule has 152 valence electrons. The first kappa shape index (κ1) is 19.2. The van der Waals surface area contributed by atoms with Crippen LogP contribution in [0.25, 0.3) is 16.7 Å². The van der Waals surface area contributed by atoms with Crippen molar-refractivity contribution >= 4 is 16.9 Å². The van der Waals surface area contributed by atoms with Gasteiger partial charge in [0.15, 0.2) is 5.65 Å². The van der Waals surface area contributed by atoms with Crippen molar-refractivity contribution in [3.8, 4) is 11.4 Å². The topological polar surface area (TPSA) is 108 Å². The third-order valence-electron chi connectivity index (χ3n) is 4.69. The molecule has 0 bridgehead atoms. The Labute approximate surface area is 170 Å². The van der Waals surface area contributed by atoms with Crippen LogP contribution in [-0.2, 0) is 13.6 Å². The summed E-state index contributed by atoms with van der Waals surface area (Å²) >= 11 is 0. The molecule has 0 aliphatic carbocycles. The van der Waals surface area contributed by atoms with Crippen molar-refractivity contribution in [2.24, 2.45) is 7.05 Å². The average Bonchev–Trinajstić information content (AvgIpc) is 3.30. The largest absolute Gasteiger partial charge is 0.497 e. The van der Waals surface area contributed by atoms with Crippen LogP contribution in [0, 0.1) is 0 Å². The van der Waals surface area contributed by atoms with Gasteiger partial charge in [0.1, 0.15) is 11.5 Å². The van der Waals surface area contributed by atoms with E-state index in [1.165, 1.54) is 30.1 Å². The lowest BCUT2D eigenvalue weighted by atomic mass is 10.2. The first-order valence-electron chi connectivity index (χ1n) is 9.06. The molecule has 0 saturated heterocycles. The molecular weight excluding hydrogens is 388 g/mol. The molecule has 0 saturated carbocycles. The van der Waals surface area contributed by atoms with Crippen LogP contribution in [0.15, 0.2) is 68.9 Å². The Morgan fingerprint density at radius 2 is 1.97 bits per heavy atom. The predicted molar refractivity (Wildman–Crippen MR) is 109 cm³/mol. The molecule has 0 fully saturated rings. The molecule has 4 rings (SSSR count). The second-order valence-electron chi connectivity index (χ2n) is 6.54. The molecular formula is C21H18N4O5. The van der Waals surface area contributed by atoms with Crippen LogP contribution in [0.4, 0.5) is 0 Å². The Morgan fingerprint density at radius 3 is 2.63 bits per heavy atom. The summed E-state index contributed by atoms with van der Waals surface area (Å²) in [5.41, 5.74) is -0.195. The number of amides is 1. The second kappa shape index (κ2) is 7.70. The van der Waals surface area contributed by atoms with Crippen LogP contribution >= 0.6 is 0 Å². The highest BCUT2D eigenvalue weighted by Crippen LogP contribution is 2.17. The number of carbonyl (C=O) groups excluding carboxylic acids is 1. The SMILES string of the molecule is COc1ccc(-n2c(=O)n(C)c(=O)c3cc(C(=O)NCc4ccco4)cnc32)cc1. The number of hydrogen-bond acceptors (Lipinski definition) is 6. The first-order chi connectivity index (χ1) is 14.5. The molecule has 0 spiro atoms. The van der Waals surface area contributed by atoms with Gasteiger partial charge in [0.2, 0.25) is 0 Å². The molecule has 3 heterocycles. The van der Waals surface area contributed by atoms with E-state index >= 15 is 0 Å². The average molecular weight is 406 g/mol. The van der Waals surface area contributed by atoms with Crippen LogP contribution in [-0.4, -0.2) is 27.1 Å². The molecule has 0 radical (unpaired) electrons. The van der Waals surface area contributed by atoms with Gasteiger partial charge in [-0.25, -0.2) is 14.3 Å². The van der Waals surface area contributed by atoms with Crippen LogP contribution in [0.3, 0.4) is 0 Å². The number of pyridine rings is 1. The van der Waals surface area contributed by atoms with E-state index in [1.807, 2.05) is 0 Å². The fourth-order valence-corrected chi connectivity index (χ4v) is 3.07. The molecule has 3 aromatic heterocycles. The standard InChI is InChI=1S/C21H18N4O5/c1-24-20(27)17-10-13(19(26)23-12-16-4-3-9-30-16)11-22-18(17)25(21(24)28)14-5-7-15(29-2)8-6-14/h3-11H,12H2,1-2H3,(H,23,26). The van der Waals surface area contributed by atoms with E-state index in [2.05, 4.69) is 10.3 Å². The van der Waals surface area contributed by atoms with Crippen molar-refractivity contribution in [2.45, 2.75) is 6.54 Å². The number of nitrogens with one attached hydrogen (secondary N) is 1. The number of rotatable bonds is 5. The number of fused-ring (bicyclic) bond motifs is 1. The zero-order chi connectivity index (χ0) is 21.3. The van der Waals surface area contributed by atoms with E-state index in [0.717, 1.165) is 4.57 Å². The summed E-state index contributed by atoms with van der Waals surface area (Å²) in [5.74, 6) is 0.816. The number of aromatic nitrogens is 3. The summed E-state index contributed by atoms with van der Waals surface area (Å²) in [4.78, 5) is 42.2. The monoisotopic (exact) mass is 406 g/mol. The quantitative estimate of drug-likeness (QED) is 0.540. The number of methoxy groups -OCH3 is 1. The van der Waals surface area contributed by atoms with Gasteiger partial charge in [-0.2, -0.15) is 0 Å². The fraction of sp³-hybridized carbons (Fsp3) is 0.143. The van der Waals surface area contributed by atoms with Gasteiger partial charge >= 0.3 is 5.69 Å². The van der Waals surface area contributed by atoms with E-state index in [-0.39, 0.29) is 23.1 Å². The van der Waals surface area contributed by atoms with Gasteiger partial charge in [0.25, 0.3) is 11.5 Å². The van der Waals surface area contributed by atoms with Crippen molar-refractivity contribution in [1.29, 1.82) is 0 Å². The minimum absolute atomic E-state index is 0.151. The molecule has 0 atom stereocenters. The van der Waals surface area contributed by atoms with Crippen molar-refractivity contribution < 1.29 is 13.9 Å². The van der Waals surface area contributed by atoms with E-state index < -0.39 is 17.2 Å². The maximum Gasteiger partial charge on any atom is 0.337 e. The van der Waals surface area contributed by atoms with Gasteiger partial charge in [-0.05, 0) is 42.5 Å². The van der Waals surface area contributed by atoms with Crippen LogP contribution in [0.5, 0.6) is 5.75 Å². The van der Waals surface area contributed by atoms with Crippen LogP contribution in [0.2, 0.25) is 0 Å². The zero-order valence-corrected chi connectivity index (χ0v) is 16.3. The Morgan fingerprint density at radius 1 is 1.20 bits per heavy atom. The number of furan rings is 1. The normalized spacial score (nSPS) is 10.9. The third-order valence-corrected chi connectivity index (χ3v) is 4.69. The Balaban J connectivity index is 1.79. The molecule has 30 heavy (non-hydrogen) atoms. The van der Waals surface area contributed by atoms with Crippen molar-refractivity contribution in [2.75, 3.05) is 7.11 Å². The maximum atomic E-state index is 12.8. The van der Waals surface area contributed by atoms with Gasteiger partial charge in [0.05, 0.1) is 36.6 Å². The summed E-state index contributed by atoms with van der Waals surface area (Å²) in [6, 6.07) is 11.7. The van der Waals surface area contributed by atoms with Gasteiger partial charge < -0.3 is 14.5 Å². The van der Waals surface area contributed by atoms with Crippen LogP contribution < -0.4 is 21.3 Å². The zero-order valence-electron chi connectivity index (χ0n) is 16.3. The number of ether oxygens (including phenoxy) is 1. The van der Waals surface area contributed by atoms with E-state index in [1.54, 1.807) is 43.5 Å². The first-order valence-corrected chi connectivity index (χ1v) is 9.06. The summed E-state index contributed by atoms with van der Waals surface area (Å²) < 4.78 is 12.6. The predicted octanol–water partition coefficient (Wildman–Crippen LogP) is 1.62. The van der Waals surface area contributed by atoms with Gasteiger partial charge in [-0.15, -0.1) is 0 Å². The highest BCUT2D eigenvalue weighted by molar-refractivity contribution is 5.96. The van der Waals surface area contributed by atoms with Crippen LogP contribution in [0.1, 0.15) is 16.1 Å². The Kier molecular flexibility index (Phi) is 4.93. The molecule has 1 aromatic carbocycles. The molecule has 9 heteroatoms. The Hall–Kier alpha value is -4.14. The van der Waals surface area contributed by atoms with Gasteiger partial charge in [-0.1, -0.05) is 0 Å². The molecule has 1 N–H and O–H groups in total. The highest BCUT2D eigenvalue weighted by atomic mass is 16.5. The smallest absolute Gasteiger partial charge is 0.337 e. The maximum absolute atomic E-state index is 12.8. The summed E-state index contributed by atoms with van der Waals surface area (Å²) in [5, 5.41) is 2.86. The fourth-order valence-electron chi connectivity index (χ4n) is 3.07. The van der Waals surface area contributed by atoms with E-state index in [4.69, 9.17) is 9.15 Å². The number of benzene rings is 1. The lowest BCUT2D eigenvalue weighted by Crippen LogP contribution is -2.38. The Bertz CT molecular complexity index is 1340. The lowest BCUT2D eigenvalue weighted by Gasteiger charge is -2.12. The third kappa shape index (κ3) is 3.37. The van der Waals surface area contributed by atoms with Crippen molar-refractivity contribution in [1.82, 2.24) is 19.4 Å². The minimum atomic E-state index is -0.541. The van der Waals surface area contributed by atoms with Gasteiger partial charge in [-0.3, -0.25) is 14.2 Å². The van der Waals surface area contributed by atoms with Gasteiger partial charge in [0, 0.05) is 13.2 Å². The number of nitrogens with zero attached hydrogens (tertiary/aromatic N) is 3. The highest BCUT2D eigenvalue weighted by Gasteiger charge is 2.16. The van der Waals surface area contributed by atoms with Crippen molar-refractivity contribution in [3.05, 3.63) is 87.1 Å². The molecule has 0 aliphatic heterocycles. The van der Waals surface area contributed by atoms with Crippen molar-refractivity contribution in [3.63, 3.8) is 0 Å². The summed E-state index contributed by atoms with van der Waals surface area (Å²) in [7, 11) is 2.93. The second-order valence-corrected chi connectivity index (χ2v) is 6.54. The lowest BCUT2D eigenvalue weighted by molar-refractivity contribution is 0.0948. The summed E-state index contributed by atoms with van der Waals surface area (Å²) in [6.45, 7) is 0.202. The molecule has 9 nitrogen and oxygen atoms in total. The minimum Gasteiger partial charge on any atom is -0.497 e. The number of hydrogen-bond donors (Lipinski definition) is 1. The molecule has 1 amide bonds. The molecule has 4 aromatic rings. The number of carbonyl (C=O) groups is 1. The molecule has 0 aliphatic rings. The summed E-state index contributed by atoms with van der Waals surface area (Å²) in [6.07, 6.45) is 2.85.